The fourth-order valence-electron chi connectivity index (χ4n) is 2.32. The lowest BCUT2D eigenvalue weighted by Crippen LogP contribution is -2.07. The summed E-state index contributed by atoms with van der Waals surface area (Å²) in [6.07, 6.45) is 0. The monoisotopic (exact) mass is 271 g/mol. The molecule has 1 atom stereocenters. The van der Waals surface area contributed by atoms with Crippen molar-refractivity contribution in [1.29, 1.82) is 0 Å². The van der Waals surface area contributed by atoms with Crippen LogP contribution in [0.5, 0.6) is 0 Å². The highest BCUT2D eigenvalue weighted by molar-refractivity contribution is 5.48. The Morgan fingerprint density at radius 2 is 1.50 bits per heavy atom. The van der Waals surface area contributed by atoms with E-state index in [2.05, 4.69) is 50.4 Å². The number of rotatable bonds is 4. The largest absolute Gasteiger partial charge is 0.378 e. The number of halogens is 1. The third-order valence-corrected chi connectivity index (χ3v) is 3.53. The van der Waals surface area contributed by atoms with Crippen molar-refractivity contribution in [2.75, 3.05) is 5.32 Å². The van der Waals surface area contributed by atoms with Crippen LogP contribution in [0.2, 0.25) is 0 Å². The molecule has 0 amide bonds. The molecule has 1 N–H and O–H groups in total. The Morgan fingerprint density at radius 1 is 0.900 bits per heavy atom. The SMILES string of the molecule is Cc1cc(F)cc(NC(C)c2ccc(C(C)C)cc2)c1. The molecular formula is C18H22FN. The van der Waals surface area contributed by atoms with E-state index in [1.165, 1.54) is 23.3 Å². The third kappa shape index (κ3) is 3.60. The smallest absolute Gasteiger partial charge is 0.125 e. The minimum absolute atomic E-state index is 0.150. The van der Waals surface area contributed by atoms with Crippen LogP contribution in [0.25, 0.3) is 0 Å². The van der Waals surface area contributed by atoms with Crippen LogP contribution in [0.3, 0.4) is 0 Å². The molecule has 0 spiro atoms. The van der Waals surface area contributed by atoms with Crippen LogP contribution in [-0.2, 0) is 0 Å². The van der Waals surface area contributed by atoms with Gasteiger partial charge >= 0.3 is 0 Å². The van der Waals surface area contributed by atoms with Crippen LogP contribution in [-0.4, -0.2) is 0 Å². The maximum atomic E-state index is 13.4. The topological polar surface area (TPSA) is 12.0 Å². The maximum Gasteiger partial charge on any atom is 0.125 e. The number of hydrogen-bond donors (Lipinski definition) is 1. The van der Waals surface area contributed by atoms with Gasteiger partial charge in [0.25, 0.3) is 0 Å². The van der Waals surface area contributed by atoms with Gasteiger partial charge in [-0.25, -0.2) is 4.39 Å². The predicted octanol–water partition coefficient (Wildman–Crippen LogP) is 5.43. The average Bonchev–Trinajstić information content (AvgIpc) is 2.37. The van der Waals surface area contributed by atoms with Gasteiger partial charge < -0.3 is 5.32 Å². The molecule has 0 bridgehead atoms. The molecule has 0 heterocycles. The molecule has 0 aliphatic carbocycles. The Kier molecular flexibility index (Phi) is 4.43. The molecule has 2 aromatic carbocycles. The van der Waals surface area contributed by atoms with Crippen molar-refractivity contribution < 1.29 is 4.39 Å². The van der Waals surface area contributed by atoms with Gasteiger partial charge in [-0.05, 0) is 54.7 Å². The fourth-order valence-corrected chi connectivity index (χ4v) is 2.32. The zero-order valence-electron chi connectivity index (χ0n) is 12.6. The zero-order chi connectivity index (χ0) is 14.7. The maximum absolute atomic E-state index is 13.4. The number of nitrogens with one attached hydrogen (secondary N) is 1. The highest BCUT2D eigenvalue weighted by Crippen LogP contribution is 2.23. The van der Waals surface area contributed by atoms with Crippen molar-refractivity contribution in [3.63, 3.8) is 0 Å². The van der Waals surface area contributed by atoms with Gasteiger partial charge in [-0.15, -0.1) is 0 Å². The molecule has 0 aliphatic heterocycles. The molecule has 20 heavy (non-hydrogen) atoms. The molecule has 0 saturated carbocycles. The molecule has 0 radical (unpaired) electrons. The van der Waals surface area contributed by atoms with Crippen LogP contribution in [0.15, 0.2) is 42.5 Å². The first kappa shape index (κ1) is 14.6. The fraction of sp³-hybridized carbons (Fsp3) is 0.333. The minimum Gasteiger partial charge on any atom is -0.378 e. The average molecular weight is 271 g/mol. The van der Waals surface area contributed by atoms with Gasteiger partial charge in [0.15, 0.2) is 0 Å². The second-order valence-corrected chi connectivity index (χ2v) is 5.70. The summed E-state index contributed by atoms with van der Waals surface area (Å²) in [5.74, 6) is 0.341. The highest BCUT2D eigenvalue weighted by atomic mass is 19.1. The van der Waals surface area contributed by atoms with E-state index in [0.29, 0.717) is 5.92 Å². The van der Waals surface area contributed by atoms with Gasteiger partial charge in [0.2, 0.25) is 0 Å². The Balaban J connectivity index is 2.13. The second kappa shape index (κ2) is 6.08. The summed E-state index contributed by atoms with van der Waals surface area (Å²) in [6, 6.07) is 13.8. The van der Waals surface area contributed by atoms with E-state index < -0.39 is 0 Å². The predicted molar refractivity (Wildman–Crippen MR) is 83.7 cm³/mol. The molecule has 106 valence electrons. The molecule has 2 rings (SSSR count). The van der Waals surface area contributed by atoms with Crippen LogP contribution in [0.4, 0.5) is 10.1 Å². The Morgan fingerprint density at radius 3 is 2.05 bits per heavy atom. The first-order chi connectivity index (χ1) is 9.45. The molecule has 0 fully saturated rings. The number of anilines is 1. The van der Waals surface area contributed by atoms with E-state index in [9.17, 15) is 4.39 Å². The zero-order valence-corrected chi connectivity index (χ0v) is 12.6. The number of benzene rings is 2. The summed E-state index contributed by atoms with van der Waals surface area (Å²) in [6.45, 7) is 8.36. The van der Waals surface area contributed by atoms with E-state index >= 15 is 0 Å². The summed E-state index contributed by atoms with van der Waals surface area (Å²) in [4.78, 5) is 0. The van der Waals surface area contributed by atoms with Gasteiger partial charge in [-0.1, -0.05) is 38.1 Å². The van der Waals surface area contributed by atoms with Gasteiger partial charge in [-0.2, -0.15) is 0 Å². The van der Waals surface area contributed by atoms with Crippen molar-refractivity contribution in [3.8, 4) is 0 Å². The Bertz CT molecular complexity index is 552. The Labute approximate surface area is 120 Å². The summed E-state index contributed by atoms with van der Waals surface area (Å²) in [7, 11) is 0. The van der Waals surface area contributed by atoms with Crippen LogP contribution in [0, 0.1) is 12.7 Å². The van der Waals surface area contributed by atoms with Crippen molar-refractivity contribution >= 4 is 5.69 Å². The summed E-state index contributed by atoms with van der Waals surface area (Å²) in [5, 5.41) is 3.35. The van der Waals surface area contributed by atoms with Crippen molar-refractivity contribution in [2.24, 2.45) is 0 Å². The van der Waals surface area contributed by atoms with E-state index in [0.717, 1.165) is 11.3 Å². The van der Waals surface area contributed by atoms with Crippen LogP contribution >= 0.6 is 0 Å². The normalized spacial score (nSPS) is 12.5. The third-order valence-electron chi connectivity index (χ3n) is 3.53. The van der Waals surface area contributed by atoms with E-state index in [4.69, 9.17) is 0 Å². The lowest BCUT2D eigenvalue weighted by Gasteiger charge is -2.17. The highest BCUT2D eigenvalue weighted by Gasteiger charge is 2.07. The summed E-state index contributed by atoms with van der Waals surface area (Å²) >= 11 is 0. The molecule has 0 aromatic heterocycles. The first-order valence-corrected chi connectivity index (χ1v) is 7.09. The van der Waals surface area contributed by atoms with Gasteiger partial charge in [0.05, 0.1) is 0 Å². The van der Waals surface area contributed by atoms with Gasteiger partial charge in [0.1, 0.15) is 5.82 Å². The van der Waals surface area contributed by atoms with Crippen molar-refractivity contribution in [2.45, 2.75) is 39.7 Å². The summed E-state index contributed by atoms with van der Waals surface area (Å²) < 4.78 is 13.4. The minimum atomic E-state index is -0.199. The van der Waals surface area contributed by atoms with Crippen LogP contribution < -0.4 is 5.32 Å². The summed E-state index contributed by atoms with van der Waals surface area (Å²) in [5.41, 5.74) is 4.29. The molecule has 0 saturated heterocycles. The second-order valence-electron chi connectivity index (χ2n) is 5.70. The van der Waals surface area contributed by atoms with Gasteiger partial charge in [0, 0.05) is 11.7 Å². The molecular weight excluding hydrogens is 249 g/mol. The number of aryl methyl sites for hydroxylation is 1. The quantitative estimate of drug-likeness (QED) is 0.781. The first-order valence-electron chi connectivity index (χ1n) is 7.09. The van der Waals surface area contributed by atoms with E-state index in [1.807, 2.05) is 13.0 Å². The molecule has 2 aromatic rings. The molecule has 2 heteroatoms. The molecule has 1 nitrogen and oxygen atoms in total. The molecule has 0 aliphatic rings. The lowest BCUT2D eigenvalue weighted by molar-refractivity contribution is 0.626. The standard InChI is InChI=1S/C18H22FN/c1-12(2)15-5-7-16(8-6-15)14(4)20-18-10-13(3)9-17(19)11-18/h5-12,14,20H,1-4H3. The van der Waals surface area contributed by atoms with Crippen LogP contribution in [0.1, 0.15) is 49.4 Å². The number of hydrogen-bond acceptors (Lipinski definition) is 1. The molecule has 1 unspecified atom stereocenters. The Hall–Kier alpha value is -1.83. The van der Waals surface area contributed by atoms with E-state index in [1.54, 1.807) is 0 Å². The van der Waals surface area contributed by atoms with E-state index in [-0.39, 0.29) is 11.9 Å². The van der Waals surface area contributed by atoms with Gasteiger partial charge in [-0.3, -0.25) is 0 Å². The van der Waals surface area contributed by atoms with Crippen molar-refractivity contribution in [1.82, 2.24) is 0 Å². The van der Waals surface area contributed by atoms with Crippen molar-refractivity contribution in [3.05, 3.63) is 65.0 Å². The lowest BCUT2D eigenvalue weighted by atomic mass is 9.99.